The number of aliphatic carboxylic acids is 1. The van der Waals surface area contributed by atoms with Gasteiger partial charge in [0.25, 0.3) is 0 Å². The third-order valence-corrected chi connectivity index (χ3v) is 3.70. The van der Waals surface area contributed by atoms with Gasteiger partial charge in [-0.3, -0.25) is 14.3 Å². The van der Waals surface area contributed by atoms with Crippen molar-refractivity contribution < 1.29 is 23.1 Å². The molecule has 20 heavy (non-hydrogen) atoms. The van der Waals surface area contributed by atoms with E-state index in [1.807, 2.05) is 0 Å². The van der Waals surface area contributed by atoms with E-state index in [9.17, 15) is 18.0 Å². The number of carbonyl (C=O) groups is 2. The predicted molar refractivity (Wildman–Crippen MR) is 73.6 cm³/mol. The van der Waals surface area contributed by atoms with Gasteiger partial charge in [0.2, 0.25) is 15.9 Å². The smallest absolute Gasteiger partial charge is 0.320 e. The number of sulfonamides is 1. The molecule has 0 aliphatic heterocycles. The van der Waals surface area contributed by atoms with Crippen LogP contribution in [0.3, 0.4) is 0 Å². The second-order valence-corrected chi connectivity index (χ2v) is 6.01. The summed E-state index contributed by atoms with van der Waals surface area (Å²) in [6.07, 6.45) is 0. The molecule has 0 aromatic heterocycles. The van der Waals surface area contributed by atoms with Crippen LogP contribution in [0.15, 0.2) is 24.3 Å². The molecule has 0 aliphatic carbocycles. The lowest BCUT2D eigenvalue weighted by Crippen LogP contribution is -2.26. The first-order valence-corrected chi connectivity index (χ1v) is 7.38. The van der Waals surface area contributed by atoms with E-state index >= 15 is 0 Å². The van der Waals surface area contributed by atoms with Gasteiger partial charge in [-0.25, -0.2) is 8.42 Å². The van der Waals surface area contributed by atoms with Gasteiger partial charge in [-0.05, 0) is 11.6 Å². The third-order valence-electron chi connectivity index (χ3n) is 2.54. The number of hydrogen-bond acceptors (Lipinski definition) is 4. The number of hydrogen-bond donors (Lipinski definition) is 2. The Morgan fingerprint density at radius 1 is 1.30 bits per heavy atom. The van der Waals surface area contributed by atoms with E-state index in [0.29, 0.717) is 5.56 Å². The molecule has 0 atom stereocenters. The van der Waals surface area contributed by atoms with Crippen LogP contribution in [0.4, 0.5) is 5.69 Å². The van der Waals surface area contributed by atoms with Crippen LogP contribution in [0, 0.1) is 0 Å². The lowest BCUT2D eigenvalue weighted by molar-refractivity contribution is -0.134. The summed E-state index contributed by atoms with van der Waals surface area (Å²) in [5, 5.41) is 8.54. The van der Waals surface area contributed by atoms with Crippen molar-refractivity contribution in [3.05, 3.63) is 29.8 Å². The minimum absolute atomic E-state index is 0.159. The zero-order chi connectivity index (χ0) is 15.3. The van der Waals surface area contributed by atoms with Crippen molar-refractivity contribution in [3.8, 4) is 0 Å². The Morgan fingerprint density at radius 2 is 1.90 bits per heavy atom. The first kappa shape index (κ1) is 16.0. The molecule has 0 fully saturated rings. The molecule has 0 aliphatic rings. The molecule has 1 aromatic carbocycles. The Bertz CT molecular complexity index is 612. The number of amides is 1. The summed E-state index contributed by atoms with van der Waals surface area (Å²) < 4.78 is 25.4. The van der Waals surface area contributed by atoms with Gasteiger partial charge in [0.05, 0.1) is 5.69 Å². The van der Waals surface area contributed by atoms with Crippen molar-refractivity contribution in [2.75, 3.05) is 17.5 Å². The highest BCUT2D eigenvalue weighted by Gasteiger charge is 2.17. The van der Waals surface area contributed by atoms with Crippen LogP contribution < -0.4 is 4.72 Å². The van der Waals surface area contributed by atoms with Gasteiger partial charge in [-0.2, -0.15) is 0 Å². The average molecular weight is 300 g/mol. The maximum atomic E-state index is 11.6. The summed E-state index contributed by atoms with van der Waals surface area (Å²) >= 11 is 0. The quantitative estimate of drug-likeness (QED) is 0.795. The highest BCUT2D eigenvalue weighted by atomic mass is 32.2. The fraction of sp³-hybridized carbons (Fsp3) is 0.333. The Balaban J connectivity index is 2.96. The van der Waals surface area contributed by atoms with Gasteiger partial charge in [0.15, 0.2) is 5.75 Å². The monoisotopic (exact) mass is 300 g/mol. The molecule has 0 unspecified atom stereocenters. The van der Waals surface area contributed by atoms with E-state index < -0.39 is 21.7 Å². The van der Waals surface area contributed by atoms with Gasteiger partial charge in [0.1, 0.15) is 0 Å². The number of nitrogens with zero attached hydrogens (tertiary/aromatic N) is 1. The Hall–Kier alpha value is -2.09. The molecule has 0 saturated carbocycles. The van der Waals surface area contributed by atoms with Crippen LogP contribution in [-0.2, 0) is 26.2 Å². The summed E-state index contributed by atoms with van der Waals surface area (Å²) in [7, 11) is -2.38. The number of carbonyl (C=O) groups excluding carboxylic acids is 1. The topological polar surface area (TPSA) is 104 Å². The first-order valence-electron chi connectivity index (χ1n) is 5.73. The summed E-state index contributed by atoms with van der Waals surface area (Å²) in [5.74, 6) is -2.60. The van der Waals surface area contributed by atoms with Crippen LogP contribution in [0.25, 0.3) is 0 Å². The van der Waals surface area contributed by atoms with Crippen molar-refractivity contribution >= 4 is 27.6 Å². The summed E-state index contributed by atoms with van der Waals surface area (Å²) in [6, 6.07) is 6.51. The molecule has 110 valence electrons. The van der Waals surface area contributed by atoms with Gasteiger partial charge >= 0.3 is 5.97 Å². The van der Waals surface area contributed by atoms with Gasteiger partial charge in [-0.15, -0.1) is 0 Å². The van der Waals surface area contributed by atoms with Gasteiger partial charge in [0, 0.05) is 20.5 Å². The SMILES string of the molecule is CC(=O)N(C)Cc1ccccc1NS(=O)(=O)CC(=O)O. The molecule has 7 nitrogen and oxygen atoms in total. The predicted octanol–water partition coefficient (Wildman–Crippen LogP) is 0.491. The van der Waals surface area contributed by atoms with Crippen molar-refractivity contribution in [2.24, 2.45) is 0 Å². The number of carboxylic acids is 1. The molecule has 2 N–H and O–H groups in total. The second-order valence-electron chi connectivity index (χ2n) is 4.29. The fourth-order valence-electron chi connectivity index (χ4n) is 1.49. The maximum Gasteiger partial charge on any atom is 0.320 e. The van der Waals surface area contributed by atoms with E-state index in [1.54, 1.807) is 25.2 Å². The van der Waals surface area contributed by atoms with E-state index in [1.165, 1.54) is 17.9 Å². The molecule has 0 bridgehead atoms. The molecule has 0 saturated heterocycles. The van der Waals surface area contributed by atoms with Gasteiger partial charge < -0.3 is 10.0 Å². The molecular weight excluding hydrogens is 284 g/mol. The molecular formula is C12H16N2O5S. The number of benzene rings is 1. The molecule has 1 rings (SSSR count). The summed E-state index contributed by atoms with van der Waals surface area (Å²) in [5.41, 5.74) is 0.848. The normalized spacial score (nSPS) is 10.9. The number of para-hydroxylation sites is 1. The minimum atomic E-state index is -3.97. The molecule has 0 radical (unpaired) electrons. The average Bonchev–Trinajstić information content (AvgIpc) is 2.29. The van der Waals surface area contributed by atoms with Crippen LogP contribution in [-0.4, -0.2) is 43.1 Å². The number of nitrogens with one attached hydrogen (secondary N) is 1. The van der Waals surface area contributed by atoms with Gasteiger partial charge in [-0.1, -0.05) is 18.2 Å². The van der Waals surface area contributed by atoms with Crippen molar-refractivity contribution in [2.45, 2.75) is 13.5 Å². The van der Waals surface area contributed by atoms with E-state index in [4.69, 9.17) is 5.11 Å². The lowest BCUT2D eigenvalue weighted by Gasteiger charge is -2.18. The maximum absolute atomic E-state index is 11.6. The van der Waals surface area contributed by atoms with E-state index in [-0.39, 0.29) is 18.1 Å². The zero-order valence-electron chi connectivity index (χ0n) is 11.2. The van der Waals surface area contributed by atoms with Crippen molar-refractivity contribution in [1.29, 1.82) is 0 Å². The third kappa shape index (κ3) is 4.88. The molecule has 1 aromatic rings. The number of anilines is 1. The van der Waals surface area contributed by atoms with Crippen LogP contribution in [0.2, 0.25) is 0 Å². The zero-order valence-corrected chi connectivity index (χ0v) is 12.0. The first-order chi connectivity index (χ1) is 9.21. The van der Waals surface area contributed by atoms with Crippen molar-refractivity contribution in [3.63, 3.8) is 0 Å². The van der Waals surface area contributed by atoms with Crippen molar-refractivity contribution in [1.82, 2.24) is 4.90 Å². The Labute approximate surface area is 117 Å². The minimum Gasteiger partial charge on any atom is -0.480 e. The van der Waals surface area contributed by atoms with Crippen LogP contribution in [0.1, 0.15) is 12.5 Å². The standard InChI is InChI=1S/C12H16N2O5S/c1-9(15)14(2)7-10-5-3-4-6-11(10)13-20(18,19)8-12(16)17/h3-6,13H,7-8H2,1-2H3,(H,16,17). The highest BCUT2D eigenvalue weighted by Crippen LogP contribution is 2.18. The van der Waals surface area contributed by atoms with Crippen LogP contribution in [0.5, 0.6) is 0 Å². The second kappa shape index (κ2) is 6.38. The van der Waals surface area contributed by atoms with Crippen LogP contribution >= 0.6 is 0 Å². The fourth-order valence-corrected chi connectivity index (χ4v) is 2.42. The Kier molecular flexibility index (Phi) is 5.09. The summed E-state index contributed by atoms with van der Waals surface area (Å²) in [6.45, 7) is 1.62. The van der Waals surface area contributed by atoms with E-state index in [2.05, 4.69) is 4.72 Å². The van der Waals surface area contributed by atoms with E-state index in [0.717, 1.165) is 0 Å². The molecule has 0 heterocycles. The number of rotatable bonds is 6. The molecule has 1 amide bonds. The highest BCUT2D eigenvalue weighted by molar-refractivity contribution is 7.93. The molecule has 0 spiro atoms. The number of carboxylic acid groups (broad SMARTS) is 1. The lowest BCUT2D eigenvalue weighted by atomic mass is 10.2. The summed E-state index contributed by atoms with van der Waals surface area (Å²) in [4.78, 5) is 23.1. The molecule has 8 heteroatoms. The largest absolute Gasteiger partial charge is 0.480 e. The Morgan fingerprint density at radius 3 is 2.45 bits per heavy atom.